The molecule has 0 saturated heterocycles. The lowest BCUT2D eigenvalue weighted by Crippen LogP contribution is -2.45. The Bertz CT molecular complexity index is 1470. The van der Waals surface area contributed by atoms with Crippen LogP contribution >= 0.6 is 0 Å². The molecule has 208 valence electrons. The number of aromatic hydroxyl groups is 1. The maximum atomic E-state index is 13.7. The lowest BCUT2D eigenvalue weighted by Gasteiger charge is -2.37. The number of hydrogen-bond acceptors (Lipinski definition) is 6. The smallest absolute Gasteiger partial charge is 0.388 e. The maximum Gasteiger partial charge on any atom is 0.388 e. The summed E-state index contributed by atoms with van der Waals surface area (Å²) in [5.41, 5.74) is 4.45. The van der Waals surface area contributed by atoms with Gasteiger partial charge in [-0.3, -0.25) is 9.59 Å². The molecule has 2 aromatic heterocycles. The average molecular weight is 550 g/mol. The SMILES string of the molecule is C=CC(=O)N1CCc2nn(-c3ccc(C4CCC4)cc3O)c3c2C(C1)N(C(=O)c1ccc(OC(F)F)nc1)CC3. The first-order valence-corrected chi connectivity index (χ1v) is 13.4. The highest BCUT2D eigenvalue weighted by Gasteiger charge is 2.40. The summed E-state index contributed by atoms with van der Waals surface area (Å²) in [4.78, 5) is 33.5. The second kappa shape index (κ2) is 10.4. The Labute approximate surface area is 229 Å². The number of amides is 2. The van der Waals surface area contributed by atoms with Crippen LogP contribution in [0.3, 0.4) is 0 Å². The second-order valence-corrected chi connectivity index (χ2v) is 10.4. The second-order valence-electron chi connectivity index (χ2n) is 10.4. The first-order valence-electron chi connectivity index (χ1n) is 13.4. The van der Waals surface area contributed by atoms with Gasteiger partial charge in [0.15, 0.2) is 0 Å². The van der Waals surface area contributed by atoms with E-state index in [9.17, 15) is 23.5 Å². The van der Waals surface area contributed by atoms with Crippen LogP contribution in [0.2, 0.25) is 0 Å². The molecule has 1 saturated carbocycles. The van der Waals surface area contributed by atoms with Gasteiger partial charge in [0.05, 0.1) is 23.0 Å². The Morgan fingerprint density at radius 3 is 2.62 bits per heavy atom. The molecule has 1 atom stereocenters. The van der Waals surface area contributed by atoms with E-state index in [1.807, 2.05) is 18.2 Å². The number of aromatic nitrogens is 3. The molecule has 4 heterocycles. The fraction of sp³-hybridized carbons (Fsp3) is 0.379. The van der Waals surface area contributed by atoms with Crippen molar-refractivity contribution >= 4 is 11.8 Å². The van der Waals surface area contributed by atoms with Gasteiger partial charge < -0.3 is 19.6 Å². The molecular weight excluding hydrogens is 520 g/mol. The van der Waals surface area contributed by atoms with Crippen molar-refractivity contribution in [3.63, 3.8) is 0 Å². The van der Waals surface area contributed by atoms with E-state index < -0.39 is 12.7 Å². The lowest BCUT2D eigenvalue weighted by molar-refractivity contribution is -0.126. The number of ether oxygens (including phenoxy) is 1. The van der Waals surface area contributed by atoms with Crippen molar-refractivity contribution in [2.45, 2.75) is 50.7 Å². The molecule has 1 aliphatic carbocycles. The molecule has 1 unspecified atom stereocenters. The molecule has 2 amide bonds. The zero-order valence-electron chi connectivity index (χ0n) is 21.8. The van der Waals surface area contributed by atoms with Crippen molar-refractivity contribution < 1.29 is 28.2 Å². The van der Waals surface area contributed by atoms with Crippen LogP contribution in [-0.2, 0) is 17.6 Å². The molecule has 3 aromatic rings. The van der Waals surface area contributed by atoms with Gasteiger partial charge in [-0.2, -0.15) is 13.9 Å². The Morgan fingerprint density at radius 1 is 1.15 bits per heavy atom. The zero-order valence-corrected chi connectivity index (χ0v) is 21.8. The highest BCUT2D eigenvalue weighted by Crippen LogP contribution is 2.41. The molecule has 0 spiro atoms. The molecule has 1 N–H and O–H groups in total. The van der Waals surface area contributed by atoms with Gasteiger partial charge in [0.25, 0.3) is 5.91 Å². The molecule has 0 bridgehead atoms. The van der Waals surface area contributed by atoms with E-state index in [1.54, 1.807) is 14.5 Å². The van der Waals surface area contributed by atoms with Gasteiger partial charge in [-0.25, -0.2) is 9.67 Å². The molecule has 1 fully saturated rings. The van der Waals surface area contributed by atoms with Crippen LogP contribution in [0.25, 0.3) is 5.69 Å². The number of carbonyl (C=O) groups excluding carboxylic acids is 2. The summed E-state index contributed by atoms with van der Waals surface area (Å²) < 4.78 is 31.2. The van der Waals surface area contributed by atoms with Gasteiger partial charge in [-0.15, -0.1) is 0 Å². The van der Waals surface area contributed by atoms with E-state index in [2.05, 4.69) is 16.3 Å². The third-order valence-corrected chi connectivity index (χ3v) is 8.15. The molecule has 0 radical (unpaired) electrons. The molecule has 2 aliphatic heterocycles. The summed E-state index contributed by atoms with van der Waals surface area (Å²) in [7, 11) is 0. The summed E-state index contributed by atoms with van der Waals surface area (Å²) in [6, 6.07) is 7.91. The summed E-state index contributed by atoms with van der Waals surface area (Å²) >= 11 is 0. The van der Waals surface area contributed by atoms with E-state index in [4.69, 9.17) is 5.10 Å². The van der Waals surface area contributed by atoms with Crippen LogP contribution in [0.5, 0.6) is 11.6 Å². The van der Waals surface area contributed by atoms with E-state index >= 15 is 0 Å². The molecule has 3 aliphatic rings. The van der Waals surface area contributed by atoms with Crippen molar-refractivity contribution in [2.75, 3.05) is 19.6 Å². The van der Waals surface area contributed by atoms with Gasteiger partial charge in [-0.05, 0) is 48.6 Å². The third-order valence-electron chi connectivity index (χ3n) is 8.15. The monoisotopic (exact) mass is 549 g/mol. The van der Waals surface area contributed by atoms with Crippen LogP contribution in [-0.4, -0.2) is 67.7 Å². The van der Waals surface area contributed by atoms with Gasteiger partial charge in [0, 0.05) is 50.3 Å². The number of hydrogen-bond donors (Lipinski definition) is 1. The number of halogens is 2. The number of rotatable bonds is 6. The van der Waals surface area contributed by atoms with Crippen LogP contribution in [0.4, 0.5) is 8.78 Å². The lowest BCUT2D eigenvalue weighted by atomic mass is 9.80. The van der Waals surface area contributed by atoms with E-state index in [-0.39, 0.29) is 35.6 Å². The van der Waals surface area contributed by atoms with E-state index in [1.165, 1.54) is 30.8 Å². The number of phenols is 1. The maximum absolute atomic E-state index is 13.7. The molecular formula is C29H29F2N5O4. The Morgan fingerprint density at radius 2 is 1.98 bits per heavy atom. The molecule has 11 heteroatoms. The minimum Gasteiger partial charge on any atom is -0.506 e. The summed E-state index contributed by atoms with van der Waals surface area (Å²) in [5.74, 6) is -0.219. The Balaban J connectivity index is 1.37. The number of carbonyl (C=O) groups is 2. The molecule has 40 heavy (non-hydrogen) atoms. The fourth-order valence-electron chi connectivity index (χ4n) is 5.91. The number of alkyl halides is 2. The molecule has 6 rings (SSSR count). The quantitative estimate of drug-likeness (QED) is 0.464. The van der Waals surface area contributed by atoms with E-state index in [0.717, 1.165) is 35.4 Å². The number of nitrogens with zero attached hydrogens (tertiary/aromatic N) is 5. The fourth-order valence-corrected chi connectivity index (χ4v) is 5.91. The molecule has 9 nitrogen and oxygen atoms in total. The summed E-state index contributed by atoms with van der Waals surface area (Å²) in [6.07, 6.45) is 6.89. The van der Waals surface area contributed by atoms with Crippen molar-refractivity contribution in [2.24, 2.45) is 0 Å². The first kappa shape index (κ1) is 26.0. The minimum atomic E-state index is -3.02. The Hall–Kier alpha value is -4.28. The number of benzene rings is 1. The van der Waals surface area contributed by atoms with Crippen molar-refractivity contribution in [1.29, 1.82) is 0 Å². The predicted molar refractivity (Wildman–Crippen MR) is 141 cm³/mol. The third kappa shape index (κ3) is 4.59. The van der Waals surface area contributed by atoms with Crippen LogP contribution in [0.1, 0.15) is 64.1 Å². The highest BCUT2D eigenvalue weighted by molar-refractivity contribution is 5.94. The van der Waals surface area contributed by atoms with Crippen LogP contribution in [0, 0.1) is 0 Å². The molecule has 1 aromatic carbocycles. The first-order chi connectivity index (χ1) is 19.3. The van der Waals surface area contributed by atoms with Crippen molar-refractivity contribution in [1.82, 2.24) is 24.6 Å². The standard InChI is InChI=1S/C29H29F2N5O4/c1-2-26(38)34-12-10-20-27-22(36(33-20)21-8-6-18(14-24(21)37)17-4-3-5-17)11-13-35(23(27)16-34)28(39)19-7-9-25(32-15-19)40-29(30)31/h2,6-9,14-15,17,23,29,37H,1,3-5,10-13,16H2. The highest BCUT2D eigenvalue weighted by atomic mass is 19.3. The topological polar surface area (TPSA) is 101 Å². The summed E-state index contributed by atoms with van der Waals surface area (Å²) in [6.45, 7) is 1.58. The minimum absolute atomic E-state index is 0.161. The van der Waals surface area contributed by atoms with Gasteiger partial charge in [0.1, 0.15) is 11.4 Å². The average Bonchev–Trinajstić information content (AvgIpc) is 3.16. The number of pyridine rings is 1. The van der Waals surface area contributed by atoms with Crippen LogP contribution in [0.15, 0.2) is 49.2 Å². The normalized spacial score (nSPS) is 18.6. The van der Waals surface area contributed by atoms with Gasteiger partial charge >= 0.3 is 6.61 Å². The van der Waals surface area contributed by atoms with Crippen molar-refractivity contribution in [3.05, 3.63) is 77.3 Å². The largest absolute Gasteiger partial charge is 0.506 e. The Kier molecular flexibility index (Phi) is 6.73. The zero-order chi connectivity index (χ0) is 28.0. The van der Waals surface area contributed by atoms with Crippen LogP contribution < -0.4 is 4.74 Å². The number of phenolic OH excluding ortho intramolecular Hbond substituents is 1. The van der Waals surface area contributed by atoms with E-state index in [0.29, 0.717) is 37.5 Å². The van der Waals surface area contributed by atoms with Crippen molar-refractivity contribution in [3.8, 4) is 17.3 Å². The summed E-state index contributed by atoms with van der Waals surface area (Å²) in [5, 5.41) is 15.9. The van der Waals surface area contributed by atoms with Gasteiger partial charge in [0.2, 0.25) is 11.8 Å². The van der Waals surface area contributed by atoms with Gasteiger partial charge in [-0.1, -0.05) is 19.1 Å². The predicted octanol–water partition coefficient (Wildman–Crippen LogP) is 4.15.